The molecule has 1 amide bonds. The number of para-hydroxylation sites is 1. The van der Waals surface area contributed by atoms with Crippen molar-refractivity contribution in [2.45, 2.75) is 19.1 Å². The van der Waals surface area contributed by atoms with Crippen LogP contribution >= 0.6 is 0 Å². The predicted octanol–water partition coefficient (Wildman–Crippen LogP) is 2.07. The van der Waals surface area contributed by atoms with Crippen molar-refractivity contribution in [3.8, 4) is 5.75 Å². The molecular formula is C18H21NO4. The van der Waals surface area contributed by atoms with Crippen molar-refractivity contribution in [1.29, 1.82) is 0 Å². The molecule has 1 unspecified atom stereocenters. The molecule has 1 aromatic carbocycles. The van der Waals surface area contributed by atoms with Crippen LogP contribution in [0.4, 0.5) is 0 Å². The minimum absolute atomic E-state index is 0.0715. The smallest absolute Gasteiger partial charge is 0.253 e. The van der Waals surface area contributed by atoms with Crippen LogP contribution < -0.4 is 4.74 Å². The summed E-state index contributed by atoms with van der Waals surface area (Å²) in [6, 6.07) is 7.80. The van der Waals surface area contributed by atoms with E-state index in [0.717, 1.165) is 36.3 Å². The van der Waals surface area contributed by atoms with Gasteiger partial charge in [-0.15, -0.1) is 0 Å². The number of fused-ring (bicyclic) bond motifs is 1. The van der Waals surface area contributed by atoms with Crippen LogP contribution in [0.25, 0.3) is 6.08 Å². The number of likely N-dealkylation sites (tertiary alicyclic amines) is 1. The van der Waals surface area contributed by atoms with E-state index in [4.69, 9.17) is 14.2 Å². The lowest BCUT2D eigenvalue weighted by Gasteiger charge is -2.35. The second-order valence-electron chi connectivity index (χ2n) is 6.26. The quantitative estimate of drug-likeness (QED) is 0.838. The predicted molar refractivity (Wildman–Crippen MR) is 84.9 cm³/mol. The Balaban J connectivity index is 1.47. The molecule has 3 aliphatic heterocycles. The summed E-state index contributed by atoms with van der Waals surface area (Å²) < 4.78 is 16.9. The van der Waals surface area contributed by atoms with Crippen molar-refractivity contribution in [1.82, 2.24) is 4.90 Å². The molecule has 3 heterocycles. The van der Waals surface area contributed by atoms with Crippen LogP contribution in [0.2, 0.25) is 0 Å². The Morgan fingerprint density at radius 1 is 1.17 bits per heavy atom. The van der Waals surface area contributed by atoms with Gasteiger partial charge in [0.25, 0.3) is 5.91 Å². The summed E-state index contributed by atoms with van der Waals surface area (Å²) >= 11 is 0. The molecule has 0 radical (unpaired) electrons. The third kappa shape index (κ3) is 2.99. The molecule has 0 aromatic heterocycles. The van der Waals surface area contributed by atoms with Gasteiger partial charge in [-0.25, -0.2) is 0 Å². The summed E-state index contributed by atoms with van der Waals surface area (Å²) in [5, 5.41) is 0. The highest BCUT2D eigenvalue weighted by atomic mass is 16.7. The number of carbonyl (C=O) groups is 1. The number of nitrogens with zero attached hydrogens (tertiary/aromatic N) is 1. The molecule has 23 heavy (non-hydrogen) atoms. The van der Waals surface area contributed by atoms with Gasteiger partial charge < -0.3 is 19.1 Å². The lowest BCUT2D eigenvalue weighted by atomic mass is 9.96. The number of benzene rings is 1. The summed E-state index contributed by atoms with van der Waals surface area (Å²) in [6.45, 7) is 3.15. The summed E-state index contributed by atoms with van der Waals surface area (Å²) in [6.07, 6.45) is 3.84. The first-order valence-corrected chi connectivity index (χ1v) is 8.26. The van der Waals surface area contributed by atoms with Gasteiger partial charge in [-0.05, 0) is 25.0 Å². The third-order valence-electron chi connectivity index (χ3n) is 4.68. The Morgan fingerprint density at radius 2 is 2.00 bits per heavy atom. The van der Waals surface area contributed by atoms with Gasteiger partial charge in [-0.1, -0.05) is 18.2 Å². The molecule has 1 aromatic rings. The van der Waals surface area contributed by atoms with E-state index in [-0.39, 0.29) is 18.1 Å². The molecule has 0 aliphatic carbocycles. The van der Waals surface area contributed by atoms with Gasteiger partial charge in [-0.2, -0.15) is 0 Å². The van der Waals surface area contributed by atoms with E-state index in [1.165, 1.54) is 0 Å². The van der Waals surface area contributed by atoms with Crippen molar-refractivity contribution in [3.05, 3.63) is 35.4 Å². The first kappa shape index (κ1) is 14.7. The Kier molecular flexibility index (Phi) is 4.06. The minimum atomic E-state index is -0.150. The second kappa shape index (κ2) is 6.34. The van der Waals surface area contributed by atoms with Crippen molar-refractivity contribution in [2.24, 2.45) is 5.92 Å². The molecule has 122 valence electrons. The molecule has 5 heteroatoms. The lowest BCUT2D eigenvalue weighted by Crippen LogP contribution is -2.45. The van der Waals surface area contributed by atoms with Crippen molar-refractivity contribution in [3.63, 3.8) is 0 Å². The topological polar surface area (TPSA) is 48.0 Å². The van der Waals surface area contributed by atoms with Crippen molar-refractivity contribution < 1.29 is 19.0 Å². The number of amides is 1. The van der Waals surface area contributed by atoms with Gasteiger partial charge in [-0.3, -0.25) is 4.79 Å². The van der Waals surface area contributed by atoms with Crippen LogP contribution in [0.1, 0.15) is 18.4 Å². The maximum Gasteiger partial charge on any atom is 0.253 e. The van der Waals surface area contributed by atoms with Gasteiger partial charge in [0.2, 0.25) is 0 Å². The fourth-order valence-corrected chi connectivity index (χ4v) is 3.51. The Morgan fingerprint density at radius 3 is 2.87 bits per heavy atom. The molecule has 4 rings (SSSR count). The fraction of sp³-hybridized carbons (Fsp3) is 0.500. The zero-order chi connectivity index (χ0) is 15.6. The molecule has 5 nitrogen and oxygen atoms in total. The van der Waals surface area contributed by atoms with Crippen LogP contribution in [0.15, 0.2) is 29.8 Å². The molecular weight excluding hydrogens is 294 g/mol. The highest BCUT2D eigenvalue weighted by Gasteiger charge is 2.34. The third-order valence-corrected chi connectivity index (χ3v) is 4.68. The van der Waals surface area contributed by atoms with E-state index < -0.39 is 0 Å². The zero-order valence-corrected chi connectivity index (χ0v) is 13.1. The molecule has 0 bridgehead atoms. The van der Waals surface area contributed by atoms with Crippen LogP contribution in [-0.4, -0.2) is 50.0 Å². The second-order valence-corrected chi connectivity index (χ2v) is 6.26. The standard InChI is InChI=1S/C18H21NO4/c20-17(15-10-13-4-1-2-6-16(13)23-12-15)19-7-3-5-14(11-19)18-21-8-9-22-18/h1-2,4,6,10,14,18H,3,5,7-9,11-12H2. The van der Waals surface area contributed by atoms with Gasteiger partial charge in [0.1, 0.15) is 12.4 Å². The Hall–Kier alpha value is -1.85. The van der Waals surface area contributed by atoms with Crippen LogP contribution in [-0.2, 0) is 14.3 Å². The van der Waals surface area contributed by atoms with E-state index in [2.05, 4.69) is 0 Å². The minimum Gasteiger partial charge on any atom is -0.488 e. The fourth-order valence-electron chi connectivity index (χ4n) is 3.51. The SMILES string of the molecule is O=C(C1=Cc2ccccc2OC1)N1CCCC(C2OCCO2)C1. The number of rotatable bonds is 2. The average Bonchev–Trinajstić information content (AvgIpc) is 3.15. The van der Waals surface area contributed by atoms with Crippen LogP contribution in [0, 0.1) is 5.92 Å². The normalized spacial score (nSPS) is 24.8. The number of carbonyl (C=O) groups excluding carboxylic acids is 1. The molecule has 2 saturated heterocycles. The first-order valence-electron chi connectivity index (χ1n) is 8.26. The number of ether oxygens (including phenoxy) is 3. The highest BCUT2D eigenvalue weighted by Crippen LogP contribution is 2.29. The maximum absolute atomic E-state index is 12.8. The molecule has 2 fully saturated rings. The summed E-state index contributed by atoms with van der Waals surface area (Å²) in [5.74, 6) is 1.18. The van der Waals surface area contributed by atoms with Crippen molar-refractivity contribution >= 4 is 12.0 Å². The monoisotopic (exact) mass is 315 g/mol. The van der Waals surface area contributed by atoms with E-state index in [0.29, 0.717) is 26.4 Å². The number of piperidine rings is 1. The first-order chi connectivity index (χ1) is 11.3. The lowest BCUT2D eigenvalue weighted by molar-refractivity contribution is -0.135. The van der Waals surface area contributed by atoms with Gasteiger partial charge in [0.15, 0.2) is 6.29 Å². The summed E-state index contributed by atoms with van der Waals surface area (Å²) in [4.78, 5) is 14.7. The van der Waals surface area contributed by atoms with Gasteiger partial charge in [0.05, 0.1) is 18.8 Å². The van der Waals surface area contributed by atoms with Crippen LogP contribution in [0.5, 0.6) is 5.75 Å². The zero-order valence-electron chi connectivity index (χ0n) is 13.1. The molecule has 1 atom stereocenters. The molecule has 0 spiro atoms. The number of hydrogen-bond acceptors (Lipinski definition) is 4. The average molecular weight is 315 g/mol. The summed E-state index contributed by atoms with van der Waals surface area (Å²) in [7, 11) is 0. The molecule has 0 saturated carbocycles. The van der Waals surface area contributed by atoms with Crippen molar-refractivity contribution in [2.75, 3.05) is 32.9 Å². The van der Waals surface area contributed by atoms with Gasteiger partial charge in [0, 0.05) is 24.6 Å². The Labute approximate surface area is 135 Å². The van der Waals surface area contributed by atoms with E-state index >= 15 is 0 Å². The van der Waals surface area contributed by atoms with E-state index in [1.807, 2.05) is 35.2 Å². The maximum atomic E-state index is 12.8. The van der Waals surface area contributed by atoms with Gasteiger partial charge >= 0.3 is 0 Å². The Bertz CT molecular complexity index is 621. The molecule has 3 aliphatic rings. The van der Waals surface area contributed by atoms with E-state index in [1.54, 1.807) is 0 Å². The summed E-state index contributed by atoms with van der Waals surface area (Å²) in [5.41, 5.74) is 1.69. The van der Waals surface area contributed by atoms with Crippen LogP contribution in [0.3, 0.4) is 0 Å². The largest absolute Gasteiger partial charge is 0.488 e. The number of hydrogen-bond donors (Lipinski definition) is 0. The highest BCUT2D eigenvalue weighted by molar-refractivity contribution is 5.99. The molecule has 0 N–H and O–H groups in total. The van der Waals surface area contributed by atoms with E-state index in [9.17, 15) is 4.79 Å².